The highest BCUT2D eigenvalue weighted by atomic mass is 16.5. The monoisotopic (exact) mass is 223 g/mol. The molecule has 1 amide bonds. The maximum atomic E-state index is 11.3. The van der Waals surface area contributed by atoms with Gasteiger partial charge in [-0.1, -0.05) is 6.07 Å². The van der Waals surface area contributed by atoms with Gasteiger partial charge in [0.25, 0.3) is 0 Å². The number of amides is 1. The zero-order valence-corrected chi connectivity index (χ0v) is 9.62. The predicted molar refractivity (Wildman–Crippen MR) is 61.2 cm³/mol. The summed E-state index contributed by atoms with van der Waals surface area (Å²) in [4.78, 5) is 15.4. The Kier molecular flexibility index (Phi) is 5.28. The lowest BCUT2D eigenvalue weighted by Crippen LogP contribution is -2.31. The van der Waals surface area contributed by atoms with E-state index in [0.717, 1.165) is 5.56 Å². The SMILES string of the molecule is CCOc1ncccc1CNC(=O)CNC. The minimum atomic E-state index is -0.0474. The van der Waals surface area contributed by atoms with Crippen LogP contribution in [0.15, 0.2) is 18.3 Å². The molecule has 0 aliphatic heterocycles. The van der Waals surface area contributed by atoms with Crippen molar-refractivity contribution >= 4 is 5.91 Å². The van der Waals surface area contributed by atoms with Crippen LogP contribution in [0.1, 0.15) is 12.5 Å². The van der Waals surface area contributed by atoms with Crippen molar-refractivity contribution < 1.29 is 9.53 Å². The Morgan fingerprint density at radius 1 is 1.56 bits per heavy atom. The van der Waals surface area contributed by atoms with Gasteiger partial charge < -0.3 is 15.4 Å². The third kappa shape index (κ3) is 3.86. The van der Waals surface area contributed by atoms with Crippen molar-refractivity contribution in [1.82, 2.24) is 15.6 Å². The Bertz CT molecular complexity index is 342. The number of nitrogens with zero attached hydrogens (tertiary/aromatic N) is 1. The molecule has 1 aromatic heterocycles. The molecule has 0 bridgehead atoms. The molecule has 0 atom stereocenters. The number of carbonyl (C=O) groups excluding carboxylic acids is 1. The average Bonchev–Trinajstić information content (AvgIpc) is 2.29. The molecule has 1 rings (SSSR count). The molecule has 0 saturated heterocycles. The van der Waals surface area contributed by atoms with E-state index < -0.39 is 0 Å². The van der Waals surface area contributed by atoms with Crippen LogP contribution in [0.25, 0.3) is 0 Å². The van der Waals surface area contributed by atoms with Gasteiger partial charge in [0.2, 0.25) is 11.8 Å². The fraction of sp³-hybridized carbons (Fsp3) is 0.455. The van der Waals surface area contributed by atoms with Gasteiger partial charge in [-0.25, -0.2) is 4.98 Å². The maximum Gasteiger partial charge on any atom is 0.234 e. The summed E-state index contributed by atoms with van der Waals surface area (Å²) in [5.74, 6) is 0.531. The maximum absolute atomic E-state index is 11.3. The standard InChI is InChI=1S/C11H17N3O2/c1-3-16-11-9(5-4-6-13-11)7-14-10(15)8-12-2/h4-6,12H,3,7-8H2,1-2H3,(H,14,15). The number of hydrogen-bond acceptors (Lipinski definition) is 4. The number of ether oxygens (including phenoxy) is 1. The second-order valence-corrected chi connectivity index (χ2v) is 3.21. The zero-order valence-electron chi connectivity index (χ0n) is 9.62. The van der Waals surface area contributed by atoms with Gasteiger partial charge in [0.1, 0.15) is 0 Å². The smallest absolute Gasteiger partial charge is 0.234 e. The second-order valence-electron chi connectivity index (χ2n) is 3.21. The minimum Gasteiger partial charge on any atom is -0.478 e. The van der Waals surface area contributed by atoms with E-state index in [4.69, 9.17) is 4.74 Å². The van der Waals surface area contributed by atoms with Gasteiger partial charge in [-0.15, -0.1) is 0 Å². The summed E-state index contributed by atoms with van der Waals surface area (Å²) >= 11 is 0. The molecule has 0 unspecified atom stereocenters. The van der Waals surface area contributed by atoms with Crippen LogP contribution in [0.3, 0.4) is 0 Å². The molecule has 5 heteroatoms. The average molecular weight is 223 g/mol. The third-order valence-corrected chi connectivity index (χ3v) is 1.94. The fourth-order valence-electron chi connectivity index (χ4n) is 1.24. The van der Waals surface area contributed by atoms with Crippen molar-refractivity contribution in [2.75, 3.05) is 20.2 Å². The lowest BCUT2D eigenvalue weighted by molar-refractivity contribution is -0.120. The van der Waals surface area contributed by atoms with Crippen LogP contribution in [0, 0.1) is 0 Å². The van der Waals surface area contributed by atoms with E-state index in [1.54, 1.807) is 13.2 Å². The summed E-state index contributed by atoms with van der Waals surface area (Å²) in [6.45, 7) is 3.21. The number of rotatable bonds is 6. The van der Waals surface area contributed by atoms with Crippen LogP contribution >= 0.6 is 0 Å². The van der Waals surface area contributed by atoms with E-state index >= 15 is 0 Å². The third-order valence-electron chi connectivity index (χ3n) is 1.94. The molecule has 88 valence electrons. The van der Waals surface area contributed by atoms with Crippen LogP contribution in [-0.2, 0) is 11.3 Å². The Morgan fingerprint density at radius 3 is 3.06 bits per heavy atom. The number of carbonyl (C=O) groups is 1. The first-order chi connectivity index (χ1) is 7.77. The molecule has 1 aromatic rings. The highest BCUT2D eigenvalue weighted by molar-refractivity contribution is 5.77. The normalized spacial score (nSPS) is 9.88. The molecule has 0 radical (unpaired) electrons. The van der Waals surface area contributed by atoms with Crippen LogP contribution in [-0.4, -0.2) is 31.1 Å². The first kappa shape index (κ1) is 12.4. The lowest BCUT2D eigenvalue weighted by atomic mass is 10.2. The summed E-state index contributed by atoms with van der Waals surface area (Å²) in [6, 6.07) is 3.71. The van der Waals surface area contributed by atoms with Gasteiger partial charge in [-0.2, -0.15) is 0 Å². The highest BCUT2D eigenvalue weighted by Gasteiger charge is 2.05. The summed E-state index contributed by atoms with van der Waals surface area (Å²) in [5, 5.41) is 5.56. The molecule has 0 aromatic carbocycles. The summed E-state index contributed by atoms with van der Waals surface area (Å²) in [6.07, 6.45) is 1.67. The molecular weight excluding hydrogens is 206 g/mol. The quantitative estimate of drug-likeness (QED) is 0.729. The van der Waals surface area contributed by atoms with Crippen molar-refractivity contribution in [2.24, 2.45) is 0 Å². The van der Waals surface area contributed by atoms with Crippen LogP contribution in [0.2, 0.25) is 0 Å². The zero-order chi connectivity index (χ0) is 11.8. The van der Waals surface area contributed by atoms with E-state index in [-0.39, 0.29) is 5.91 Å². The van der Waals surface area contributed by atoms with Gasteiger partial charge >= 0.3 is 0 Å². The van der Waals surface area contributed by atoms with E-state index in [2.05, 4.69) is 15.6 Å². The number of pyridine rings is 1. The van der Waals surface area contributed by atoms with Gasteiger partial charge in [0.15, 0.2) is 0 Å². The molecule has 16 heavy (non-hydrogen) atoms. The fourth-order valence-corrected chi connectivity index (χ4v) is 1.24. The molecule has 0 spiro atoms. The predicted octanol–water partition coefficient (Wildman–Crippen LogP) is 0.316. The minimum absolute atomic E-state index is 0.0474. The first-order valence-electron chi connectivity index (χ1n) is 5.26. The van der Waals surface area contributed by atoms with Gasteiger partial charge in [0, 0.05) is 18.3 Å². The Labute approximate surface area is 95.2 Å². The van der Waals surface area contributed by atoms with Gasteiger partial charge in [-0.05, 0) is 20.0 Å². The van der Waals surface area contributed by atoms with Crippen LogP contribution in [0.4, 0.5) is 0 Å². The Morgan fingerprint density at radius 2 is 2.38 bits per heavy atom. The number of aromatic nitrogens is 1. The number of hydrogen-bond donors (Lipinski definition) is 2. The molecule has 0 aliphatic carbocycles. The van der Waals surface area contributed by atoms with Crippen molar-refractivity contribution in [1.29, 1.82) is 0 Å². The Balaban J connectivity index is 2.55. The first-order valence-corrected chi connectivity index (χ1v) is 5.26. The molecule has 1 heterocycles. The summed E-state index contributed by atoms with van der Waals surface area (Å²) in [7, 11) is 1.73. The molecule has 5 nitrogen and oxygen atoms in total. The van der Waals surface area contributed by atoms with Crippen molar-refractivity contribution in [3.05, 3.63) is 23.9 Å². The van der Waals surface area contributed by atoms with E-state index in [1.165, 1.54) is 0 Å². The molecule has 0 fully saturated rings. The lowest BCUT2D eigenvalue weighted by Gasteiger charge is -2.09. The largest absolute Gasteiger partial charge is 0.478 e. The number of nitrogens with one attached hydrogen (secondary N) is 2. The Hall–Kier alpha value is -1.62. The van der Waals surface area contributed by atoms with E-state index in [1.807, 2.05) is 19.1 Å². The van der Waals surface area contributed by atoms with Gasteiger partial charge in [0.05, 0.1) is 13.2 Å². The molecule has 0 saturated carbocycles. The molecule has 0 aliphatic rings. The second kappa shape index (κ2) is 6.79. The molecule has 2 N–H and O–H groups in total. The topological polar surface area (TPSA) is 63.2 Å². The van der Waals surface area contributed by atoms with Crippen LogP contribution < -0.4 is 15.4 Å². The van der Waals surface area contributed by atoms with Gasteiger partial charge in [-0.3, -0.25) is 4.79 Å². The van der Waals surface area contributed by atoms with Crippen molar-refractivity contribution in [3.63, 3.8) is 0 Å². The van der Waals surface area contributed by atoms with E-state index in [9.17, 15) is 4.79 Å². The van der Waals surface area contributed by atoms with E-state index in [0.29, 0.717) is 25.6 Å². The summed E-state index contributed by atoms with van der Waals surface area (Å²) in [5.41, 5.74) is 0.883. The van der Waals surface area contributed by atoms with Crippen molar-refractivity contribution in [3.8, 4) is 5.88 Å². The van der Waals surface area contributed by atoms with Crippen molar-refractivity contribution in [2.45, 2.75) is 13.5 Å². The molecular formula is C11H17N3O2. The summed E-state index contributed by atoms with van der Waals surface area (Å²) < 4.78 is 5.35. The van der Waals surface area contributed by atoms with Crippen LogP contribution in [0.5, 0.6) is 5.88 Å². The number of likely N-dealkylation sites (N-methyl/N-ethyl adjacent to an activating group) is 1. The highest BCUT2D eigenvalue weighted by Crippen LogP contribution is 2.13.